The highest BCUT2D eigenvalue weighted by molar-refractivity contribution is 7.99. The highest BCUT2D eigenvalue weighted by Gasteiger charge is 2.13. The van der Waals surface area contributed by atoms with Gasteiger partial charge in [0.15, 0.2) is 0 Å². The third kappa shape index (κ3) is 3.84. The minimum absolute atomic E-state index is 0.126. The molecule has 0 heterocycles. The van der Waals surface area contributed by atoms with Crippen LogP contribution in [0, 0.1) is 0 Å². The van der Waals surface area contributed by atoms with Crippen LogP contribution in [0.5, 0.6) is 0 Å². The van der Waals surface area contributed by atoms with Crippen molar-refractivity contribution < 1.29 is 8.42 Å². The molecular formula is C13H12Cl2N2O2S2. The van der Waals surface area contributed by atoms with E-state index in [0.717, 1.165) is 9.79 Å². The second kappa shape index (κ2) is 6.46. The van der Waals surface area contributed by atoms with E-state index >= 15 is 0 Å². The largest absolute Gasteiger partial charge is 0.398 e. The van der Waals surface area contributed by atoms with Gasteiger partial charge >= 0.3 is 0 Å². The Morgan fingerprint density at radius 2 is 1.81 bits per heavy atom. The van der Waals surface area contributed by atoms with Crippen molar-refractivity contribution in [3.8, 4) is 0 Å². The van der Waals surface area contributed by atoms with Crippen molar-refractivity contribution in [2.75, 3.05) is 12.8 Å². The van der Waals surface area contributed by atoms with Gasteiger partial charge in [0.05, 0.1) is 14.9 Å². The first-order valence-electron chi connectivity index (χ1n) is 5.79. The molecular weight excluding hydrogens is 351 g/mol. The van der Waals surface area contributed by atoms with Crippen molar-refractivity contribution in [3.05, 3.63) is 46.4 Å². The van der Waals surface area contributed by atoms with Gasteiger partial charge in [-0.15, -0.1) is 0 Å². The third-order valence-electron chi connectivity index (χ3n) is 2.68. The number of hydrogen-bond acceptors (Lipinski definition) is 4. The number of halogens is 2. The van der Waals surface area contributed by atoms with Gasteiger partial charge in [-0.05, 0) is 43.4 Å². The van der Waals surface area contributed by atoms with Crippen LogP contribution in [0.4, 0.5) is 5.69 Å². The number of sulfonamides is 1. The van der Waals surface area contributed by atoms with Crippen molar-refractivity contribution in [1.82, 2.24) is 4.72 Å². The summed E-state index contributed by atoms with van der Waals surface area (Å²) in [5, 5.41) is 0.930. The van der Waals surface area contributed by atoms with Crippen LogP contribution >= 0.6 is 35.0 Å². The molecule has 0 spiro atoms. The number of nitrogen functional groups attached to an aromatic ring is 1. The maximum Gasteiger partial charge on any atom is 0.240 e. The van der Waals surface area contributed by atoms with Crippen LogP contribution in [0.1, 0.15) is 0 Å². The molecule has 2 aromatic rings. The predicted molar refractivity (Wildman–Crippen MR) is 87.7 cm³/mol. The van der Waals surface area contributed by atoms with E-state index in [1.807, 2.05) is 6.07 Å². The van der Waals surface area contributed by atoms with E-state index < -0.39 is 10.0 Å². The summed E-state index contributed by atoms with van der Waals surface area (Å²) < 4.78 is 25.6. The number of rotatable bonds is 4. The topological polar surface area (TPSA) is 72.2 Å². The molecule has 2 rings (SSSR count). The molecule has 4 nitrogen and oxygen atoms in total. The van der Waals surface area contributed by atoms with Gasteiger partial charge in [-0.25, -0.2) is 13.1 Å². The van der Waals surface area contributed by atoms with E-state index in [-0.39, 0.29) is 4.90 Å². The molecule has 8 heteroatoms. The lowest BCUT2D eigenvalue weighted by Gasteiger charge is -2.09. The minimum atomic E-state index is -3.50. The maximum absolute atomic E-state index is 11.7. The molecule has 0 saturated heterocycles. The summed E-state index contributed by atoms with van der Waals surface area (Å²) in [6.07, 6.45) is 0. The van der Waals surface area contributed by atoms with Gasteiger partial charge in [0.1, 0.15) is 0 Å². The molecule has 0 bridgehead atoms. The molecule has 0 aliphatic rings. The van der Waals surface area contributed by atoms with Crippen LogP contribution in [0.3, 0.4) is 0 Å². The summed E-state index contributed by atoms with van der Waals surface area (Å²) >= 11 is 13.2. The Morgan fingerprint density at radius 1 is 1.10 bits per heavy atom. The van der Waals surface area contributed by atoms with Crippen LogP contribution in [0.2, 0.25) is 10.0 Å². The van der Waals surface area contributed by atoms with Gasteiger partial charge in [-0.3, -0.25) is 0 Å². The molecule has 0 aromatic heterocycles. The summed E-state index contributed by atoms with van der Waals surface area (Å²) in [7, 11) is -2.15. The molecule has 0 aliphatic carbocycles. The lowest BCUT2D eigenvalue weighted by atomic mass is 10.3. The predicted octanol–water partition coefficient (Wildman–Crippen LogP) is 3.63. The molecule has 0 amide bonds. The van der Waals surface area contributed by atoms with Gasteiger partial charge in [-0.1, -0.05) is 35.0 Å². The van der Waals surface area contributed by atoms with Crippen molar-refractivity contribution in [3.63, 3.8) is 0 Å². The summed E-state index contributed by atoms with van der Waals surface area (Å²) in [5.74, 6) is 0. The van der Waals surface area contributed by atoms with E-state index in [1.165, 1.54) is 30.9 Å². The van der Waals surface area contributed by atoms with Crippen molar-refractivity contribution in [1.29, 1.82) is 0 Å². The summed E-state index contributed by atoms with van der Waals surface area (Å²) in [6, 6.07) is 9.82. The van der Waals surface area contributed by atoms with Gasteiger partial charge in [0.2, 0.25) is 10.0 Å². The Kier molecular flexibility index (Phi) is 5.06. The van der Waals surface area contributed by atoms with Crippen LogP contribution in [0.25, 0.3) is 0 Å². The molecule has 3 N–H and O–H groups in total. The fraction of sp³-hybridized carbons (Fsp3) is 0.0769. The quantitative estimate of drug-likeness (QED) is 0.814. The lowest BCUT2D eigenvalue weighted by Crippen LogP contribution is -2.18. The van der Waals surface area contributed by atoms with Crippen LogP contribution in [-0.2, 0) is 10.0 Å². The van der Waals surface area contributed by atoms with E-state index in [9.17, 15) is 8.42 Å². The second-order valence-electron chi connectivity index (χ2n) is 4.09. The lowest BCUT2D eigenvalue weighted by molar-refractivity contribution is 0.588. The number of anilines is 1. The highest BCUT2D eigenvalue weighted by atomic mass is 35.5. The smallest absolute Gasteiger partial charge is 0.240 e. The molecule has 0 aliphatic heterocycles. The Bertz CT molecular complexity index is 780. The van der Waals surface area contributed by atoms with Gasteiger partial charge < -0.3 is 5.73 Å². The summed E-state index contributed by atoms with van der Waals surface area (Å²) in [6.45, 7) is 0. The zero-order valence-electron chi connectivity index (χ0n) is 10.9. The number of nitrogens with two attached hydrogens (primary N) is 1. The maximum atomic E-state index is 11.7. The molecule has 112 valence electrons. The fourth-order valence-corrected chi connectivity index (χ4v) is 3.58. The number of benzene rings is 2. The SMILES string of the molecule is CNS(=O)(=O)c1ccc(Sc2ccc(Cl)c(Cl)c2)c(N)c1. The molecule has 0 unspecified atom stereocenters. The number of hydrogen-bond donors (Lipinski definition) is 2. The Morgan fingerprint density at radius 3 is 2.38 bits per heavy atom. The Hall–Kier alpha value is -0.920. The van der Waals surface area contributed by atoms with E-state index in [0.29, 0.717) is 15.7 Å². The van der Waals surface area contributed by atoms with Gasteiger partial charge in [0, 0.05) is 15.5 Å². The number of nitrogens with one attached hydrogen (secondary N) is 1. The Labute approximate surface area is 137 Å². The molecule has 2 aromatic carbocycles. The highest BCUT2D eigenvalue weighted by Crippen LogP contribution is 2.36. The zero-order valence-corrected chi connectivity index (χ0v) is 14.1. The minimum Gasteiger partial charge on any atom is -0.398 e. The fourth-order valence-electron chi connectivity index (χ4n) is 1.57. The molecule has 0 atom stereocenters. The standard InChI is InChI=1S/C13H12Cl2N2O2S2/c1-17-21(18,19)9-3-5-13(12(16)7-9)20-8-2-4-10(14)11(15)6-8/h2-7,17H,16H2,1H3. The van der Waals surface area contributed by atoms with E-state index in [2.05, 4.69) is 4.72 Å². The summed E-state index contributed by atoms with van der Waals surface area (Å²) in [5.41, 5.74) is 6.29. The van der Waals surface area contributed by atoms with Crippen LogP contribution in [0.15, 0.2) is 51.1 Å². The molecule has 0 saturated carbocycles. The van der Waals surface area contributed by atoms with Crippen molar-refractivity contribution in [2.24, 2.45) is 0 Å². The first-order valence-corrected chi connectivity index (χ1v) is 8.85. The first kappa shape index (κ1) is 16.5. The average molecular weight is 363 g/mol. The van der Waals surface area contributed by atoms with Crippen LogP contribution < -0.4 is 10.5 Å². The van der Waals surface area contributed by atoms with Gasteiger partial charge in [0.25, 0.3) is 0 Å². The first-order chi connectivity index (χ1) is 9.83. The molecule has 0 radical (unpaired) electrons. The van der Waals surface area contributed by atoms with E-state index in [1.54, 1.807) is 18.2 Å². The zero-order chi connectivity index (χ0) is 15.6. The summed E-state index contributed by atoms with van der Waals surface area (Å²) in [4.78, 5) is 1.73. The molecule has 21 heavy (non-hydrogen) atoms. The second-order valence-corrected chi connectivity index (χ2v) is 7.90. The van der Waals surface area contributed by atoms with Crippen LogP contribution in [-0.4, -0.2) is 15.5 Å². The monoisotopic (exact) mass is 362 g/mol. The van der Waals surface area contributed by atoms with Crippen molar-refractivity contribution in [2.45, 2.75) is 14.7 Å². The van der Waals surface area contributed by atoms with E-state index in [4.69, 9.17) is 28.9 Å². The van der Waals surface area contributed by atoms with Gasteiger partial charge in [-0.2, -0.15) is 0 Å². The normalized spacial score (nSPS) is 11.6. The van der Waals surface area contributed by atoms with Crippen molar-refractivity contribution >= 4 is 50.7 Å². The third-order valence-corrected chi connectivity index (χ3v) is 5.91. The average Bonchev–Trinajstić information content (AvgIpc) is 2.45. The molecule has 0 fully saturated rings. The Balaban J connectivity index is 2.31.